The molecular weight excluding hydrogens is 180 g/mol. The molecule has 2 aromatic rings. The van der Waals surface area contributed by atoms with Crippen LogP contribution >= 0.6 is 0 Å². The highest BCUT2D eigenvalue weighted by atomic mass is 16.3. The van der Waals surface area contributed by atoms with Crippen molar-refractivity contribution < 1.29 is 9.52 Å². The van der Waals surface area contributed by atoms with Crippen LogP contribution in [0.15, 0.2) is 41.3 Å². The van der Waals surface area contributed by atoms with Crippen LogP contribution in [-0.2, 0) is 6.54 Å². The van der Waals surface area contributed by atoms with E-state index >= 15 is 0 Å². The minimum atomic E-state index is 0.243. The second-order valence-electron chi connectivity index (χ2n) is 2.87. The second-order valence-corrected chi connectivity index (χ2v) is 2.87. The zero-order chi connectivity index (χ0) is 9.80. The predicted molar refractivity (Wildman–Crippen MR) is 51.9 cm³/mol. The van der Waals surface area contributed by atoms with Gasteiger partial charge in [0.25, 0.3) is 0 Å². The van der Waals surface area contributed by atoms with Gasteiger partial charge in [0, 0.05) is 11.8 Å². The van der Waals surface area contributed by atoms with E-state index in [0.717, 1.165) is 11.4 Å². The van der Waals surface area contributed by atoms with Gasteiger partial charge >= 0.3 is 0 Å². The number of hydrogen-bond acceptors (Lipinski definition) is 4. The van der Waals surface area contributed by atoms with Crippen molar-refractivity contribution in [3.63, 3.8) is 0 Å². The molecule has 0 spiro atoms. The van der Waals surface area contributed by atoms with Crippen LogP contribution in [0, 0.1) is 0 Å². The summed E-state index contributed by atoms with van der Waals surface area (Å²) in [4.78, 5) is 3.80. The molecule has 0 fully saturated rings. The van der Waals surface area contributed by atoms with Gasteiger partial charge in [0.15, 0.2) is 6.39 Å². The van der Waals surface area contributed by atoms with Crippen LogP contribution in [0.25, 0.3) is 0 Å². The minimum absolute atomic E-state index is 0.243. The number of nitrogens with one attached hydrogen (secondary N) is 1. The second kappa shape index (κ2) is 3.83. The average molecular weight is 190 g/mol. The van der Waals surface area contributed by atoms with Crippen molar-refractivity contribution in [1.82, 2.24) is 4.98 Å². The number of anilines is 1. The first-order valence-electron chi connectivity index (χ1n) is 4.25. The summed E-state index contributed by atoms with van der Waals surface area (Å²) in [7, 11) is 0. The summed E-state index contributed by atoms with van der Waals surface area (Å²) < 4.78 is 5.05. The van der Waals surface area contributed by atoms with Gasteiger partial charge in [-0.15, -0.1) is 0 Å². The summed E-state index contributed by atoms with van der Waals surface area (Å²) >= 11 is 0. The smallest absolute Gasteiger partial charge is 0.180 e. The molecule has 1 aromatic heterocycles. The minimum Gasteiger partial charge on any atom is -0.508 e. The predicted octanol–water partition coefficient (Wildman–Crippen LogP) is 1.99. The fraction of sp³-hybridized carbons (Fsp3) is 0.100. The largest absolute Gasteiger partial charge is 0.508 e. The quantitative estimate of drug-likeness (QED) is 0.777. The Morgan fingerprint density at radius 3 is 3.07 bits per heavy atom. The number of benzene rings is 1. The molecule has 0 aliphatic heterocycles. The number of aromatic hydroxyl groups is 1. The van der Waals surface area contributed by atoms with Gasteiger partial charge in [-0.2, -0.15) is 0 Å². The van der Waals surface area contributed by atoms with Gasteiger partial charge in [0.05, 0.1) is 12.7 Å². The number of rotatable bonds is 3. The molecule has 0 aliphatic carbocycles. The van der Waals surface area contributed by atoms with Crippen molar-refractivity contribution in [3.8, 4) is 5.75 Å². The van der Waals surface area contributed by atoms with E-state index in [9.17, 15) is 5.11 Å². The molecule has 4 heteroatoms. The Morgan fingerprint density at radius 2 is 2.36 bits per heavy atom. The highest BCUT2D eigenvalue weighted by Gasteiger charge is 1.97. The number of nitrogens with zero attached hydrogens (tertiary/aromatic N) is 1. The lowest BCUT2D eigenvalue weighted by molar-refractivity contribution is 0.475. The number of phenols is 1. The fourth-order valence-corrected chi connectivity index (χ4v) is 1.13. The molecule has 1 aromatic carbocycles. The van der Waals surface area contributed by atoms with Crippen molar-refractivity contribution in [3.05, 3.63) is 42.6 Å². The van der Waals surface area contributed by atoms with Gasteiger partial charge in [-0.3, -0.25) is 0 Å². The van der Waals surface area contributed by atoms with Crippen molar-refractivity contribution in [1.29, 1.82) is 0 Å². The van der Waals surface area contributed by atoms with Crippen LogP contribution in [0.1, 0.15) is 5.76 Å². The topological polar surface area (TPSA) is 58.3 Å². The Balaban J connectivity index is 1.98. The number of aromatic nitrogens is 1. The van der Waals surface area contributed by atoms with Crippen molar-refractivity contribution in [2.45, 2.75) is 6.54 Å². The van der Waals surface area contributed by atoms with E-state index in [2.05, 4.69) is 10.3 Å². The maximum Gasteiger partial charge on any atom is 0.180 e. The summed E-state index contributed by atoms with van der Waals surface area (Å²) in [5, 5.41) is 12.3. The van der Waals surface area contributed by atoms with E-state index in [0.29, 0.717) is 6.54 Å². The van der Waals surface area contributed by atoms with Crippen molar-refractivity contribution >= 4 is 5.69 Å². The fourth-order valence-electron chi connectivity index (χ4n) is 1.13. The van der Waals surface area contributed by atoms with Crippen LogP contribution in [-0.4, -0.2) is 10.1 Å². The summed E-state index contributed by atoms with van der Waals surface area (Å²) in [6.45, 7) is 0.559. The summed E-state index contributed by atoms with van der Waals surface area (Å²) in [6, 6.07) is 6.92. The highest BCUT2D eigenvalue weighted by molar-refractivity contribution is 5.47. The lowest BCUT2D eigenvalue weighted by Crippen LogP contribution is -1.97. The molecule has 0 saturated carbocycles. The Kier molecular flexibility index (Phi) is 2.36. The lowest BCUT2D eigenvalue weighted by Gasteiger charge is -2.03. The molecular formula is C10H10N2O2. The Morgan fingerprint density at radius 1 is 1.43 bits per heavy atom. The molecule has 72 valence electrons. The molecule has 0 bridgehead atoms. The van der Waals surface area contributed by atoms with Gasteiger partial charge in [-0.05, 0) is 12.1 Å². The van der Waals surface area contributed by atoms with E-state index in [1.807, 2.05) is 6.07 Å². The zero-order valence-corrected chi connectivity index (χ0v) is 7.47. The third kappa shape index (κ3) is 2.04. The molecule has 0 unspecified atom stereocenters. The van der Waals surface area contributed by atoms with Gasteiger partial charge in [-0.25, -0.2) is 4.98 Å². The Bertz CT molecular complexity index is 398. The average Bonchev–Trinajstić information content (AvgIpc) is 2.67. The van der Waals surface area contributed by atoms with E-state index in [1.54, 1.807) is 24.4 Å². The zero-order valence-electron chi connectivity index (χ0n) is 7.47. The molecule has 0 atom stereocenters. The van der Waals surface area contributed by atoms with Gasteiger partial charge in [-0.1, -0.05) is 6.07 Å². The molecule has 2 rings (SSSR count). The summed E-state index contributed by atoms with van der Waals surface area (Å²) in [6.07, 6.45) is 3.04. The molecule has 0 saturated heterocycles. The van der Waals surface area contributed by atoms with Gasteiger partial charge in [0.2, 0.25) is 0 Å². The first-order valence-corrected chi connectivity index (χ1v) is 4.25. The SMILES string of the molecule is Oc1cccc(NCc2cnco2)c1. The van der Waals surface area contributed by atoms with Crippen LogP contribution in [0.2, 0.25) is 0 Å². The molecule has 0 radical (unpaired) electrons. The number of oxazole rings is 1. The van der Waals surface area contributed by atoms with Crippen LogP contribution < -0.4 is 5.32 Å². The van der Waals surface area contributed by atoms with Crippen molar-refractivity contribution in [2.75, 3.05) is 5.32 Å². The summed E-state index contributed by atoms with van der Waals surface area (Å²) in [5.41, 5.74) is 0.849. The number of hydrogen-bond donors (Lipinski definition) is 2. The van der Waals surface area contributed by atoms with Crippen LogP contribution in [0.3, 0.4) is 0 Å². The first kappa shape index (κ1) is 8.62. The van der Waals surface area contributed by atoms with E-state index in [-0.39, 0.29) is 5.75 Å². The summed E-state index contributed by atoms with van der Waals surface area (Å²) in [5.74, 6) is 1.00. The lowest BCUT2D eigenvalue weighted by atomic mass is 10.3. The number of phenolic OH excluding ortho intramolecular Hbond substituents is 1. The van der Waals surface area contributed by atoms with E-state index < -0.39 is 0 Å². The molecule has 4 nitrogen and oxygen atoms in total. The molecule has 0 aliphatic rings. The molecule has 14 heavy (non-hydrogen) atoms. The van der Waals surface area contributed by atoms with Crippen LogP contribution in [0.4, 0.5) is 5.69 Å². The molecule has 2 N–H and O–H groups in total. The van der Waals surface area contributed by atoms with Gasteiger partial charge < -0.3 is 14.8 Å². The van der Waals surface area contributed by atoms with E-state index in [4.69, 9.17) is 4.42 Å². The first-order chi connectivity index (χ1) is 6.84. The molecule has 1 heterocycles. The maximum atomic E-state index is 9.19. The molecule has 0 amide bonds. The maximum absolute atomic E-state index is 9.19. The van der Waals surface area contributed by atoms with Gasteiger partial charge in [0.1, 0.15) is 11.5 Å². The standard InChI is InChI=1S/C10H10N2O2/c13-9-3-1-2-8(4-9)12-6-10-5-11-7-14-10/h1-5,7,12-13H,6H2. The third-order valence-corrected chi connectivity index (χ3v) is 1.80. The highest BCUT2D eigenvalue weighted by Crippen LogP contribution is 2.15. The van der Waals surface area contributed by atoms with Crippen LogP contribution in [0.5, 0.6) is 5.75 Å². The normalized spacial score (nSPS) is 10.0. The van der Waals surface area contributed by atoms with Crippen molar-refractivity contribution in [2.24, 2.45) is 0 Å². The monoisotopic (exact) mass is 190 g/mol. The Hall–Kier alpha value is -1.97. The Labute approximate surface area is 81.2 Å². The van der Waals surface area contributed by atoms with E-state index in [1.165, 1.54) is 6.39 Å². The third-order valence-electron chi connectivity index (χ3n) is 1.80.